The highest BCUT2D eigenvalue weighted by Gasteiger charge is 2.13. The van der Waals surface area contributed by atoms with Crippen LogP contribution in [-0.4, -0.2) is 41.3 Å². The number of aromatic amines is 1. The molecule has 0 unspecified atom stereocenters. The second-order valence-corrected chi connectivity index (χ2v) is 6.64. The molecule has 0 fully saturated rings. The van der Waals surface area contributed by atoms with E-state index in [-0.39, 0.29) is 17.4 Å². The number of rotatable bonds is 7. The highest BCUT2D eigenvalue weighted by Crippen LogP contribution is 2.19. The fourth-order valence-electron chi connectivity index (χ4n) is 3.12. The van der Waals surface area contributed by atoms with Crippen LogP contribution < -0.4 is 16.2 Å². The van der Waals surface area contributed by atoms with E-state index in [1.165, 1.54) is 6.07 Å². The van der Waals surface area contributed by atoms with Gasteiger partial charge in [0.2, 0.25) is 11.5 Å². The van der Waals surface area contributed by atoms with Crippen LogP contribution >= 0.6 is 0 Å². The predicted octanol–water partition coefficient (Wildman–Crippen LogP) is 3.06. The molecule has 3 rings (SSSR count). The minimum absolute atomic E-state index is 0.113. The highest BCUT2D eigenvalue weighted by molar-refractivity contribution is 6.12. The third-order valence-corrected chi connectivity index (χ3v) is 4.66. The minimum atomic E-state index is -0.390. The Hall–Kier alpha value is -3.45. The molecule has 0 aliphatic heterocycles. The van der Waals surface area contributed by atoms with Crippen LogP contribution in [0, 0.1) is 0 Å². The summed E-state index contributed by atoms with van der Waals surface area (Å²) in [5.41, 5.74) is 1.67. The Bertz CT molecular complexity index is 1090. The first-order valence-corrected chi connectivity index (χ1v) is 9.55. The quantitative estimate of drug-likeness (QED) is 0.576. The second-order valence-electron chi connectivity index (χ2n) is 6.64. The number of benzene rings is 2. The summed E-state index contributed by atoms with van der Waals surface area (Å²) in [6.07, 6.45) is 0. The Morgan fingerprint density at radius 3 is 2.34 bits per heavy atom. The number of likely N-dealkylation sites (N-methyl/N-ethyl adjacent to an activating group) is 1. The molecule has 0 radical (unpaired) electrons. The van der Waals surface area contributed by atoms with Crippen molar-refractivity contribution in [2.45, 2.75) is 13.8 Å². The van der Waals surface area contributed by atoms with Crippen molar-refractivity contribution in [1.82, 2.24) is 9.88 Å². The van der Waals surface area contributed by atoms with Gasteiger partial charge in [-0.2, -0.15) is 0 Å². The van der Waals surface area contributed by atoms with Crippen molar-refractivity contribution < 1.29 is 9.59 Å². The lowest BCUT2D eigenvalue weighted by Gasteiger charge is -2.17. The van der Waals surface area contributed by atoms with Crippen molar-refractivity contribution in [3.05, 3.63) is 70.5 Å². The number of anilines is 2. The van der Waals surface area contributed by atoms with Crippen molar-refractivity contribution >= 4 is 34.1 Å². The molecule has 2 amide bonds. The van der Waals surface area contributed by atoms with Gasteiger partial charge in [-0.25, -0.2) is 0 Å². The smallest absolute Gasteiger partial charge is 0.256 e. The molecule has 2 aromatic carbocycles. The van der Waals surface area contributed by atoms with E-state index < -0.39 is 0 Å². The molecule has 7 heteroatoms. The molecule has 0 aliphatic carbocycles. The van der Waals surface area contributed by atoms with Crippen LogP contribution in [0.2, 0.25) is 0 Å². The van der Waals surface area contributed by atoms with Crippen LogP contribution in [0.1, 0.15) is 24.2 Å². The summed E-state index contributed by atoms with van der Waals surface area (Å²) in [6, 6.07) is 15.3. The van der Waals surface area contributed by atoms with Crippen LogP contribution in [0.25, 0.3) is 10.9 Å². The van der Waals surface area contributed by atoms with Gasteiger partial charge in [-0.3, -0.25) is 19.3 Å². The predicted molar refractivity (Wildman–Crippen MR) is 115 cm³/mol. The first-order valence-electron chi connectivity index (χ1n) is 9.55. The number of nitrogens with zero attached hydrogens (tertiary/aromatic N) is 1. The number of aromatic nitrogens is 1. The molecule has 0 saturated heterocycles. The van der Waals surface area contributed by atoms with Crippen molar-refractivity contribution in [3.8, 4) is 0 Å². The van der Waals surface area contributed by atoms with Crippen molar-refractivity contribution in [2.24, 2.45) is 0 Å². The van der Waals surface area contributed by atoms with Crippen LogP contribution in [0.3, 0.4) is 0 Å². The number of fused-ring (bicyclic) bond motifs is 1. The van der Waals surface area contributed by atoms with E-state index in [2.05, 4.69) is 15.6 Å². The molecular weight excluding hydrogens is 368 g/mol. The standard InChI is InChI=1S/C22H24N4O3/c1-3-26(4-2)14-21(28)23-15-8-7-9-16(12-15)24-22(29)18-13-20(27)25-19-11-6-5-10-17(18)19/h5-13H,3-4,14H2,1-2H3,(H,23,28)(H,24,29)(H,25,27). The molecule has 3 aromatic rings. The number of nitrogens with one attached hydrogen (secondary N) is 3. The number of pyridine rings is 1. The third-order valence-electron chi connectivity index (χ3n) is 4.66. The van der Waals surface area contributed by atoms with Crippen LogP contribution in [0.15, 0.2) is 59.4 Å². The van der Waals surface area contributed by atoms with Crippen molar-refractivity contribution in [1.29, 1.82) is 0 Å². The van der Waals surface area contributed by atoms with Gasteiger partial charge >= 0.3 is 0 Å². The fourth-order valence-corrected chi connectivity index (χ4v) is 3.12. The minimum Gasteiger partial charge on any atom is -0.325 e. The monoisotopic (exact) mass is 392 g/mol. The molecule has 150 valence electrons. The normalized spacial score (nSPS) is 10.9. The number of carbonyl (C=O) groups excluding carboxylic acids is 2. The van der Waals surface area contributed by atoms with Crippen LogP contribution in [0.4, 0.5) is 11.4 Å². The fraction of sp³-hybridized carbons (Fsp3) is 0.227. The lowest BCUT2D eigenvalue weighted by molar-refractivity contribution is -0.117. The summed E-state index contributed by atoms with van der Waals surface area (Å²) >= 11 is 0. The molecule has 3 N–H and O–H groups in total. The van der Waals surface area contributed by atoms with Gasteiger partial charge in [0, 0.05) is 28.3 Å². The van der Waals surface area contributed by atoms with Gasteiger partial charge in [0.15, 0.2) is 0 Å². The van der Waals surface area contributed by atoms with E-state index in [1.54, 1.807) is 42.5 Å². The molecule has 0 atom stereocenters. The summed E-state index contributed by atoms with van der Waals surface area (Å²) in [5, 5.41) is 6.31. The Morgan fingerprint density at radius 1 is 0.931 bits per heavy atom. The average Bonchev–Trinajstić information content (AvgIpc) is 2.71. The van der Waals surface area contributed by atoms with Gasteiger partial charge in [-0.15, -0.1) is 0 Å². The SMILES string of the molecule is CCN(CC)CC(=O)Nc1cccc(NC(=O)c2cc(=O)[nH]c3ccccc23)c1. The van der Waals surface area contributed by atoms with E-state index in [0.717, 1.165) is 13.1 Å². The largest absolute Gasteiger partial charge is 0.325 e. The topological polar surface area (TPSA) is 94.3 Å². The van der Waals surface area contributed by atoms with E-state index >= 15 is 0 Å². The Labute approximate surface area is 168 Å². The highest BCUT2D eigenvalue weighted by atomic mass is 16.2. The number of hydrogen-bond acceptors (Lipinski definition) is 4. The third kappa shape index (κ3) is 5.08. The molecule has 1 heterocycles. The van der Waals surface area contributed by atoms with Crippen LogP contribution in [0.5, 0.6) is 0 Å². The summed E-state index contributed by atoms with van der Waals surface area (Å²) in [6.45, 7) is 5.91. The zero-order valence-electron chi connectivity index (χ0n) is 16.5. The zero-order chi connectivity index (χ0) is 20.8. The molecule has 0 spiro atoms. The Morgan fingerprint density at radius 2 is 1.62 bits per heavy atom. The summed E-state index contributed by atoms with van der Waals surface area (Å²) in [7, 11) is 0. The van der Waals surface area contributed by atoms with Crippen LogP contribution in [-0.2, 0) is 4.79 Å². The molecule has 0 aliphatic rings. The van der Waals surface area contributed by atoms with Crippen molar-refractivity contribution in [2.75, 3.05) is 30.3 Å². The van der Waals surface area contributed by atoms with Gasteiger partial charge in [-0.05, 0) is 37.4 Å². The number of amides is 2. The van der Waals surface area contributed by atoms with Gasteiger partial charge in [-0.1, -0.05) is 38.1 Å². The zero-order valence-corrected chi connectivity index (χ0v) is 16.5. The van der Waals surface area contributed by atoms with Gasteiger partial charge in [0.1, 0.15) is 0 Å². The maximum absolute atomic E-state index is 12.8. The maximum atomic E-state index is 12.8. The Balaban J connectivity index is 1.76. The van der Waals surface area contributed by atoms with Gasteiger partial charge in [0.25, 0.3) is 5.91 Å². The molecule has 7 nitrogen and oxygen atoms in total. The molecule has 0 saturated carbocycles. The molecule has 0 bridgehead atoms. The van der Waals surface area contributed by atoms with Gasteiger partial charge < -0.3 is 15.6 Å². The Kier molecular flexibility index (Phi) is 6.41. The lowest BCUT2D eigenvalue weighted by atomic mass is 10.1. The molecule has 1 aromatic heterocycles. The first kappa shape index (κ1) is 20.3. The number of carbonyl (C=O) groups is 2. The molecular formula is C22H24N4O3. The first-order chi connectivity index (χ1) is 14.0. The lowest BCUT2D eigenvalue weighted by Crippen LogP contribution is -2.32. The van der Waals surface area contributed by atoms with E-state index in [0.29, 0.717) is 34.4 Å². The number of para-hydroxylation sites is 1. The summed E-state index contributed by atoms with van der Waals surface area (Å²) in [4.78, 5) is 41.6. The van der Waals surface area contributed by atoms with Gasteiger partial charge in [0.05, 0.1) is 12.1 Å². The van der Waals surface area contributed by atoms with E-state index in [9.17, 15) is 14.4 Å². The summed E-state index contributed by atoms with van der Waals surface area (Å²) in [5.74, 6) is -0.503. The van der Waals surface area contributed by atoms with E-state index in [4.69, 9.17) is 0 Å². The number of hydrogen-bond donors (Lipinski definition) is 3. The van der Waals surface area contributed by atoms with Crippen molar-refractivity contribution in [3.63, 3.8) is 0 Å². The number of H-pyrrole nitrogens is 1. The second kappa shape index (κ2) is 9.16. The molecule has 29 heavy (non-hydrogen) atoms. The summed E-state index contributed by atoms with van der Waals surface area (Å²) < 4.78 is 0. The average molecular weight is 392 g/mol. The van der Waals surface area contributed by atoms with E-state index in [1.807, 2.05) is 24.8 Å². The maximum Gasteiger partial charge on any atom is 0.256 e.